The molecule has 1 atom stereocenters. The lowest BCUT2D eigenvalue weighted by atomic mass is 9.95. The van der Waals surface area contributed by atoms with Crippen LogP contribution in [0.5, 0.6) is 0 Å². The quantitative estimate of drug-likeness (QED) is 0.875. The minimum atomic E-state index is 0.277. The van der Waals surface area contributed by atoms with Gasteiger partial charge in [0.1, 0.15) is 0 Å². The maximum atomic E-state index is 3.70. The highest BCUT2D eigenvalue weighted by Crippen LogP contribution is 2.20. The molecule has 1 fully saturated rings. The zero-order valence-electron chi connectivity index (χ0n) is 12.7. The third-order valence-electron chi connectivity index (χ3n) is 4.27. The molecule has 2 heteroatoms. The molecule has 1 aromatic rings. The smallest absolute Gasteiger partial charge is 0.0278 e. The molecule has 1 unspecified atom stereocenters. The summed E-state index contributed by atoms with van der Waals surface area (Å²) in [5, 5.41) is 3.70. The predicted octanol–water partition coefficient (Wildman–Crippen LogP) is 3.08. The molecule has 106 valence electrons. The first kappa shape index (κ1) is 14.5. The molecule has 1 saturated heterocycles. The van der Waals surface area contributed by atoms with E-state index in [0.29, 0.717) is 6.04 Å². The molecule has 1 aromatic carbocycles. The van der Waals surface area contributed by atoms with Crippen LogP contribution in [0.2, 0.25) is 0 Å². The molecule has 0 amide bonds. The van der Waals surface area contributed by atoms with Crippen LogP contribution in [0.15, 0.2) is 30.3 Å². The highest BCUT2D eigenvalue weighted by molar-refractivity contribution is 5.15. The Morgan fingerprint density at radius 2 is 2.00 bits per heavy atom. The Morgan fingerprint density at radius 3 is 2.68 bits per heavy atom. The zero-order chi connectivity index (χ0) is 13.7. The van der Waals surface area contributed by atoms with Crippen molar-refractivity contribution in [2.24, 2.45) is 0 Å². The average molecular weight is 260 g/mol. The molecule has 1 aliphatic rings. The highest BCUT2D eigenvalue weighted by Gasteiger charge is 2.32. The van der Waals surface area contributed by atoms with Gasteiger partial charge in [0, 0.05) is 31.2 Å². The van der Waals surface area contributed by atoms with Crippen LogP contribution in [0.25, 0.3) is 0 Å². The van der Waals surface area contributed by atoms with Crippen LogP contribution in [0.4, 0.5) is 0 Å². The Hall–Kier alpha value is -0.860. The van der Waals surface area contributed by atoms with Crippen LogP contribution in [0, 0.1) is 0 Å². The fourth-order valence-electron chi connectivity index (χ4n) is 2.93. The molecular formula is C17H28N2. The van der Waals surface area contributed by atoms with E-state index in [-0.39, 0.29) is 5.54 Å². The lowest BCUT2D eigenvalue weighted by Gasteiger charge is -2.46. The summed E-state index contributed by atoms with van der Waals surface area (Å²) in [5.41, 5.74) is 1.72. The largest absolute Gasteiger partial charge is 0.311 e. The Bertz CT molecular complexity index is 372. The maximum absolute atomic E-state index is 3.70. The molecule has 2 nitrogen and oxygen atoms in total. The predicted molar refractivity (Wildman–Crippen MR) is 82.5 cm³/mol. The lowest BCUT2D eigenvalue weighted by molar-refractivity contribution is 0.0650. The fraction of sp³-hybridized carbons (Fsp3) is 0.647. The average Bonchev–Trinajstić information content (AvgIpc) is 2.41. The zero-order valence-corrected chi connectivity index (χ0v) is 12.7. The SMILES string of the molecule is CCCC1CN(CCc2ccccc2)C(C)(C)CN1. The number of benzene rings is 1. The molecule has 1 aliphatic heterocycles. The molecule has 0 spiro atoms. The van der Waals surface area contributed by atoms with Crippen molar-refractivity contribution in [3.8, 4) is 0 Å². The minimum Gasteiger partial charge on any atom is -0.311 e. The van der Waals surface area contributed by atoms with Crippen molar-refractivity contribution < 1.29 is 0 Å². The minimum absolute atomic E-state index is 0.277. The second-order valence-corrected chi connectivity index (χ2v) is 6.36. The van der Waals surface area contributed by atoms with Gasteiger partial charge in [-0.1, -0.05) is 43.7 Å². The van der Waals surface area contributed by atoms with Crippen LogP contribution in [-0.2, 0) is 6.42 Å². The molecule has 19 heavy (non-hydrogen) atoms. The van der Waals surface area contributed by atoms with E-state index in [9.17, 15) is 0 Å². The first-order valence-electron chi connectivity index (χ1n) is 7.64. The summed E-state index contributed by atoms with van der Waals surface area (Å²) >= 11 is 0. The van der Waals surface area contributed by atoms with E-state index in [2.05, 4.69) is 61.3 Å². The number of nitrogens with one attached hydrogen (secondary N) is 1. The van der Waals surface area contributed by atoms with Crippen LogP contribution in [0.3, 0.4) is 0 Å². The first-order chi connectivity index (χ1) is 9.12. The fourth-order valence-corrected chi connectivity index (χ4v) is 2.93. The molecule has 0 radical (unpaired) electrons. The van der Waals surface area contributed by atoms with Gasteiger partial charge >= 0.3 is 0 Å². The van der Waals surface area contributed by atoms with E-state index < -0.39 is 0 Å². The van der Waals surface area contributed by atoms with E-state index >= 15 is 0 Å². The van der Waals surface area contributed by atoms with Gasteiger partial charge in [-0.25, -0.2) is 0 Å². The van der Waals surface area contributed by atoms with Crippen molar-refractivity contribution in [3.05, 3.63) is 35.9 Å². The van der Waals surface area contributed by atoms with Gasteiger partial charge in [0.05, 0.1) is 0 Å². The maximum Gasteiger partial charge on any atom is 0.0278 e. The monoisotopic (exact) mass is 260 g/mol. The van der Waals surface area contributed by atoms with Crippen LogP contribution in [-0.4, -0.2) is 36.1 Å². The van der Waals surface area contributed by atoms with Gasteiger partial charge in [-0.2, -0.15) is 0 Å². The number of hydrogen-bond donors (Lipinski definition) is 1. The van der Waals surface area contributed by atoms with Crippen molar-refractivity contribution in [1.29, 1.82) is 0 Å². The van der Waals surface area contributed by atoms with Crippen molar-refractivity contribution in [2.75, 3.05) is 19.6 Å². The molecule has 1 heterocycles. The van der Waals surface area contributed by atoms with Gasteiger partial charge in [-0.3, -0.25) is 4.90 Å². The van der Waals surface area contributed by atoms with Crippen LogP contribution >= 0.6 is 0 Å². The standard InChI is InChI=1S/C17H28N2/c1-4-8-16-13-19(17(2,3)14-18-16)12-11-15-9-6-5-7-10-15/h5-7,9-10,16,18H,4,8,11-14H2,1-3H3. The summed E-state index contributed by atoms with van der Waals surface area (Å²) in [6, 6.07) is 11.5. The molecule has 0 aromatic heterocycles. The van der Waals surface area contributed by atoms with Gasteiger partial charge in [0.15, 0.2) is 0 Å². The van der Waals surface area contributed by atoms with Gasteiger partial charge in [0.25, 0.3) is 0 Å². The molecule has 0 bridgehead atoms. The normalized spacial score (nSPS) is 23.4. The summed E-state index contributed by atoms with van der Waals surface area (Å²) in [6.45, 7) is 10.4. The molecule has 2 rings (SSSR count). The van der Waals surface area contributed by atoms with Crippen LogP contribution < -0.4 is 5.32 Å². The number of rotatable bonds is 5. The Labute approximate surface area is 118 Å². The summed E-state index contributed by atoms with van der Waals surface area (Å²) in [7, 11) is 0. The summed E-state index contributed by atoms with van der Waals surface area (Å²) < 4.78 is 0. The Morgan fingerprint density at radius 1 is 1.26 bits per heavy atom. The van der Waals surface area contributed by atoms with Gasteiger partial charge in [0.2, 0.25) is 0 Å². The molecule has 1 N–H and O–H groups in total. The van der Waals surface area contributed by atoms with Gasteiger partial charge in [-0.05, 0) is 32.3 Å². The third kappa shape index (κ3) is 4.05. The molecular weight excluding hydrogens is 232 g/mol. The van der Waals surface area contributed by atoms with E-state index in [4.69, 9.17) is 0 Å². The molecule has 0 saturated carbocycles. The third-order valence-corrected chi connectivity index (χ3v) is 4.27. The lowest BCUT2D eigenvalue weighted by Crippen LogP contribution is -2.62. The Balaban J connectivity index is 1.92. The van der Waals surface area contributed by atoms with Crippen molar-refractivity contribution in [3.63, 3.8) is 0 Å². The first-order valence-corrected chi connectivity index (χ1v) is 7.64. The second-order valence-electron chi connectivity index (χ2n) is 6.36. The number of piperazine rings is 1. The number of nitrogens with zero attached hydrogens (tertiary/aromatic N) is 1. The van der Waals surface area contributed by atoms with Gasteiger partial charge in [-0.15, -0.1) is 0 Å². The van der Waals surface area contributed by atoms with Gasteiger partial charge < -0.3 is 5.32 Å². The summed E-state index contributed by atoms with van der Waals surface area (Å²) in [5.74, 6) is 0. The summed E-state index contributed by atoms with van der Waals surface area (Å²) in [4.78, 5) is 2.66. The van der Waals surface area contributed by atoms with Crippen molar-refractivity contribution >= 4 is 0 Å². The van der Waals surface area contributed by atoms with E-state index in [1.165, 1.54) is 31.5 Å². The van der Waals surface area contributed by atoms with Crippen molar-refractivity contribution in [2.45, 2.75) is 51.6 Å². The summed E-state index contributed by atoms with van der Waals surface area (Å²) in [6.07, 6.45) is 3.71. The van der Waals surface area contributed by atoms with E-state index in [0.717, 1.165) is 13.0 Å². The number of hydrogen-bond acceptors (Lipinski definition) is 2. The highest BCUT2D eigenvalue weighted by atomic mass is 15.3. The van der Waals surface area contributed by atoms with E-state index in [1.54, 1.807) is 0 Å². The van der Waals surface area contributed by atoms with E-state index in [1.807, 2.05) is 0 Å². The van der Waals surface area contributed by atoms with Crippen LogP contribution in [0.1, 0.15) is 39.2 Å². The topological polar surface area (TPSA) is 15.3 Å². The Kier molecular flexibility index (Phi) is 5.00. The van der Waals surface area contributed by atoms with Crippen molar-refractivity contribution in [1.82, 2.24) is 10.2 Å². The molecule has 0 aliphatic carbocycles. The second kappa shape index (κ2) is 6.53.